The van der Waals surface area contributed by atoms with Gasteiger partial charge in [-0.05, 0) is 32.4 Å². The number of aromatic nitrogens is 3. The second kappa shape index (κ2) is 6.77. The summed E-state index contributed by atoms with van der Waals surface area (Å²) in [5.74, 6) is 0.586. The summed E-state index contributed by atoms with van der Waals surface area (Å²) in [7, 11) is 12.9. The number of hydrogen-bond acceptors (Lipinski definition) is 5. The zero-order valence-electron chi connectivity index (χ0n) is 12.1. The van der Waals surface area contributed by atoms with Crippen molar-refractivity contribution in [3.63, 3.8) is 0 Å². The molecule has 0 saturated carbocycles. The van der Waals surface area contributed by atoms with Gasteiger partial charge in [-0.25, -0.2) is 14.9 Å². The first-order chi connectivity index (χ1) is 9.97. The van der Waals surface area contributed by atoms with E-state index >= 15 is 0 Å². The Labute approximate surface area is 132 Å². The van der Waals surface area contributed by atoms with Gasteiger partial charge in [0.15, 0.2) is 0 Å². The van der Waals surface area contributed by atoms with Crippen LogP contribution in [0.15, 0.2) is 17.3 Å². The first kappa shape index (κ1) is 16.3. The van der Waals surface area contributed by atoms with Gasteiger partial charge < -0.3 is 0 Å². The van der Waals surface area contributed by atoms with Crippen molar-refractivity contribution < 1.29 is 9.59 Å². The summed E-state index contributed by atoms with van der Waals surface area (Å²) in [6.07, 6.45) is 0. The fourth-order valence-electron chi connectivity index (χ4n) is 2.15. The van der Waals surface area contributed by atoms with E-state index in [4.69, 9.17) is 20.7 Å². The van der Waals surface area contributed by atoms with Gasteiger partial charge in [0.1, 0.15) is 17.9 Å². The van der Waals surface area contributed by atoms with Crippen molar-refractivity contribution >= 4 is 46.5 Å². The molecule has 0 spiro atoms. The summed E-state index contributed by atoms with van der Waals surface area (Å²) in [5.41, 5.74) is 3.78. The molecular weight excluding hydrogens is 281 g/mol. The highest BCUT2D eigenvalue weighted by molar-refractivity contribution is 7.94. The van der Waals surface area contributed by atoms with Crippen LogP contribution in [0.5, 0.6) is 0 Å². The molecule has 1 heterocycles. The van der Waals surface area contributed by atoms with E-state index in [1.165, 1.54) is 7.06 Å². The second-order valence-electron chi connectivity index (χ2n) is 4.72. The number of aryl methyl sites for hydroxylation is 3. The lowest BCUT2D eigenvalue weighted by Gasteiger charge is -2.16. The maximum absolute atomic E-state index is 8.62. The van der Waals surface area contributed by atoms with Gasteiger partial charge >= 0.3 is 0 Å². The van der Waals surface area contributed by atoms with Gasteiger partial charge in [0.05, 0.1) is 12.2 Å². The lowest BCUT2D eigenvalue weighted by Crippen LogP contribution is -2.40. The Morgan fingerprint density at radius 2 is 2.05 bits per heavy atom. The minimum Gasteiger partial charge on any atom is -0.239 e. The molecule has 0 aliphatic rings. The Kier molecular flexibility index (Phi) is 5.24. The molecule has 1 aromatic carbocycles. The van der Waals surface area contributed by atoms with E-state index in [0.717, 1.165) is 34.3 Å². The summed E-state index contributed by atoms with van der Waals surface area (Å²) in [6, 6.07) is 3.94. The highest BCUT2D eigenvalue weighted by Crippen LogP contribution is 2.22. The van der Waals surface area contributed by atoms with E-state index in [1.54, 1.807) is 11.6 Å². The monoisotopic (exact) mass is 294 g/mol. The Morgan fingerprint density at radius 3 is 2.67 bits per heavy atom. The molecule has 2 rings (SSSR count). The Hall–Kier alpha value is -1.11. The topological polar surface area (TPSA) is 60.2 Å². The van der Waals surface area contributed by atoms with Gasteiger partial charge in [-0.2, -0.15) is 9.43 Å². The first-order valence-corrected chi connectivity index (χ1v) is 7.06. The van der Waals surface area contributed by atoms with Crippen molar-refractivity contribution in [1.29, 1.82) is 0 Å². The molecule has 1 N–H and O–H groups in total. The van der Waals surface area contributed by atoms with Gasteiger partial charge in [0.25, 0.3) is 0 Å². The molecule has 2 aromatic rings. The van der Waals surface area contributed by atoms with E-state index in [1.807, 2.05) is 26.0 Å². The quantitative estimate of drug-likeness (QED) is 0.373. The van der Waals surface area contributed by atoms with Crippen LogP contribution in [0.2, 0.25) is 0 Å². The molecule has 5 radical (unpaired) electrons. The lowest BCUT2D eigenvalue weighted by molar-refractivity contribution is -0.116. The molecule has 1 aromatic heterocycles. The number of rotatable bonds is 5. The summed E-state index contributed by atoms with van der Waals surface area (Å²) in [5, 5.41) is 13.4. The van der Waals surface area contributed by atoms with Crippen LogP contribution < -0.4 is 5.46 Å². The van der Waals surface area contributed by atoms with Crippen LogP contribution in [0.4, 0.5) is 0 Å². The first-order valence-electron chi connectivity index (χ1n) is 6.31. The summed E-state index contributed by atoms with van der Waals surface area (Å²) in [4.78, 5) is 4.20. The molecule has 21 heavy (non-hydrogen) atoms. The van der Waals surface area contributed by atoms with Crippen LogP contribution in [0.25, 0.3) is 5.69 Å². The van der Waals surface area contributed by atoms with E-state index in [0.29, 0.717) is 11.0 Å². The van der Waals surface area contributed by atoms with Gasteiger partial charge in [-0.1, -0.05) is 17.1 Å². The minimum absolute atomic E-state index is 0.315. The highest BCUT2D eigenvalue weighted by Gasteiger charge is 2.16. The van der Waals surface area contributed by atoms with Crippen molar-refractivity contribution in [1.82, 2.24) is 14.8 Å². The van der Waals surface area contributed by atoms with E-state index in [-0.39, 0.29) is 6.49 Å². The molecule has 101 valence electrons. The standard InChI is InChI=1S/C11H12B4N3O2S/c1-6-5-10(7(2)4-9(6)15(13)14-12)18-11(21-20-19)16-8(3)17-18/h4-5,19H,1-3H3. The Morgan fingerprint density at radius 1 is 1.33 bits per heavy atom. The van der Waals surface area contributed by atoms with Crippen molar-refractivity contribution in [2.45, 2.75) is 25.9 Å². The average molecular weight is 294 g/mol. The molecular formula is C11H12B4N3O2S. The molecule has 10 heteroatoms. The van der Waals surface area contributed by atoms with Crippen molar-refractivity contribution in [2.24, 2.45) is 0 Å². The molecule has 0 amide bonds. The number of nitrogens with zero attached hydrogens (tertiary/aromatic N) is 3. The molecule has 0 atom stereocenters. The van der Waals surface area contributed by atoms with Crippen molar-refractivity contribution in [3.8, 4) is 5.69 Å². The normalized spacial score (nSPS) is 10.7. The molecule has 0 bridgehead atoms. The third kappa shape index (κ3) is 3.39. The number of hydrogen-bond donors (Lipinski definition) is 1. The van der Waals surface area contributed by atoms with Gasteiger partial charge in [0.2, 0.25) is 5.16 Å². The van der Waals surface area contributed by atoms with Crippen LogP contribution >= 0.6 is 12.0 Å². The maximum atomic E-state index is 8.62. The van der Waals surface area contributed by atoms with Crippen LogP contribution in [0.3, 0.4) is 0 Å². The van der Waals surface area contributed by atoms with Crippen molar-refractivity contribution in [3.05, 3.63) is 29.1 Å². The van der Waals surface area contributed by atoms with Crippen LogP contribution in [0.1, 0.15) is 17.0 Å². The largest absolute Gasteiger partial charge is 0.239 e. The third-order valence-corrected chi connectivity index (χ3v) is 3.66. The molecule has 5 nitrogen and oxygen atoms in total. The fourth-order valence-corrected chi connectivity index (χ4v) is 2.60. The predicted octanol–water partition coefficient (Wildman–Crippen LogP) is 0.341. The third-order valence-electron chi connectivity index (χ3n) is 3.17. The number of benzene rings is 1. The minimum atomic E-state index is -0.315. The molecule has 0 saturated heterocycles. The van der Waals surface area contributed by atoms with E-state index < -0.39 is 0 Å². The highest BCUT2D eigenvalue weighted by atomic mass is 32.2. The van der Waals surface area contributed by atoms with Crippen molar-refractivity contribution in [2.75, 3.05) is 0 Å². The van der Waals surface area contributed by atoms with Crippen LogP contribution in [-0.4, -0.2) is 49.1 Å². The fraction of sp³-hybridized carbons (Fsp3) is 0.273. The average Bonchev–Trinajstić information content (AvgIpc) is 2.81. The maximum Gasteiger partial charge on any atom is 0.221 e. The Balaban J connectivity index is 2.53. The zero-order chi connectivity index (χ0) is 15.6. The second-order valence-corrected chi connectivity index (χ2v) is 5.41. The summed E-state index contributed by atoms with van der Waals surface area (Å²) < 4.78 is 5.73. The zero-order valence-corrected chi connectivity index (χ0v) is 12.9. The van der Waals surface area contributed by atoms with Gasteiger partial charge in [-0.15, -0.1) is 0 Å². The Bertz CT molecular complexity index is 653. The van der Waals surface area contributed by atoms with Gasteiger partial charge in [-0.3, -0.25) is 0 Å². The predicted molar refractivity (Wildman–Crippen MR) is 87.8 cm³/mol. The van der Waals surface area contributed by atoms with Crippen LogP contribution in [-0.2, 0) is 4.33 Å². The molecule has 0 unspecified atom stereocenters. The van der Waals surface area contributed by atoms with E-state index in [9.17, 15) is 0 Å². The summed E-state index contributed by atoms with van der Waals surface area (Å²) in [6.45, 7) is 5.37. The van der Waals surface area contributed by atoms with E-state index in [2.05, 4.69) is 14.4 Å². The van der Waals surface area contributed by atoms with Gasteiger partial charge in [0, 0.05) is 22.5 Å². The van der Waals surface area contributed by atoms with Crippen LogP contribution in [0, 0.1) is 20.8 Å². The molecule has 0 aliphatic heterocycles. The SMILES string of the molecule is [B][B]B([B])c1cc(C)c(-n2nc(C)nc2SOO)cc1C. The lowest BCUT2D eigenvalue weighted by atomic mass is 9.03. The smallest absolute Gasteiger partial charge is 0.221 e. The molecule has 0 aliphatic carbocycles. The molecule has 0 fully saturated rings. The summed E-state index contributed by atoms with van der Waals surface area (Å²) >= 11 is 0.741.